The maximum atomic E-state index is 10.2. The molecular weight excluding hydrogens is 145 g/mol. The maximum absolute atomic E-state index is 10.2. The normalized spacial score (nSPS) is 11.7. The van der Waals surface area contributed by atoms with E-state index in [-0.39, 0.29) is 25.3 Å². The predicted molar refractivity (Wildman–Crippen MR) is 34.4 cm³/mol. The van der Waals surface area contributed by atoms with Crippen LogP contribution in [-0.4, -0.2) is 13.7 Å². The van der Waals surface area contributed by atoms with Crippen molar-refractivity contribution >= 4 is 11.1 Å². The van der Waals surface area contributed by atoms with Crippen molar-refractivity contribution in [1.29, 1.82) is 0 Å². The van der Waals surface area contributed by atoms with Gasteiger partial charge in [0.25, 0.3) is 0 Å². The molecule has 0 aromatic carbocycles. The van der Waals surface area contributed by atoms with E-state index in [1.54, 1.807) is 12.1 Å². The van der Waals surface area contributed by atoms with Crippen molar-refractivity contribution in [3.05, 3.63) is 24.4 Å². The van der Waals surface area contributed by atoms with Crippen molar-refractivity contribution in [2.75, 3.05) is 0 Å². The Morgan fingerprint density at radius 1 is 1.60 bits per heavy atom. The van der Waals surface area contributed by atoms with Crippen LogP contribution in [0.1, 0.15) is 1.43 Å². The third kappa shape index (κ3) is 2.63. The van der Waals surface area contributed by atoms with Crippen LogP contribution in [0.3, 0.4) is 0 Å². The van der Waals surface area contributed by atoms with Gasteiger partial charge in [-0.05, 0) is 12.1 Å². The van der Waals surface area contributed by atoms with Crippen LogP contribution in [0.25, 0.3) is 0 Å². The monoisotopic (exact) mass is 151 g/mol. The van der Waals surface area contributed by atoms with E-state index < -0.39 is 11.1 Å². The minimum Gasteiger partial charge on any atom is -1.00 e. The van der Waals surface area contributed by atoms with Gasteiger partial charge in [0.1, 0.15) is 0 Å². The summed E-state index contributed by atoms with van der Waals surface area (Å²) in [6.45, 7) is 0. The van der Waals surface area contributed by atoms with Gasteiger partial charge in [-0.25, -0.2) is 9.19 Å². The molecule has 50 valence electrons. The molecule has 1 atom stereocenters. The Hall–Kier alpha value is -0.143. The second kappa shape index (κ2) is 4.64. The molecule has 0 radical (unpaired) electrons. The Kier molecular flexibility index (Phi) is 4.57. The zero-order valence-corrected chi connectivity index (χ0v) is 6.34. The molecule has 1 heterocycles. The molecule has 0 fully saturated rings. The number of hydrogen-bond acceptors (Lipinski definition) is 2. The number of nitrogens with zero attached hydrogens (tertiary/aromatic N) is 1. The van der Waals surface area contributed by atoms with Crippen molar-refractivity contribution < 1.29 is 29.0 Å². The fraction of sp³-hybridized carbons (Fsp3) is 0. The first-order chi connectivity index (χ1) is 4.30. The molecule has 3 nitrogen and oxygen atoms in total. The van der Waals surface area contributed by atoms with Crippen molar-refractivity contribution in [2.45, 2.75) is 5.03 Å². The Morgan fingerprint density at radius 2 is 2.30 bits per heavy atom. The summed E-state index contributed by atoms with van der Waals surface area (Å²) in [4.78, 5) is 3.63. The van der Waals surface area contributed by atoms with Crippen molar-refractivity contribution in [1.82, 2.24) is 4.98 Å². The largest absolute Gasteiger partial charge is 1.00 e. The number of pyridine rings is 1. The molecule has 1 rings (SSSR count). The molecule has 1 unspecified atom stereocenters. The molecule has 0 aliphatic heterocycles. The van der Waals surface area contributed by atoms with Gasteiger partial charge in [-0.15, -0.1) is 0 Å². The second-order valence-electron chi connectivity index (χ2n) is 1.42. The Labute approximate surface area is 74.8 Å². The molecule has 10 heavy (non-hydrogen) atoms. The summed E-state index contributed by atoms with van der Waals surface area (Å²) in [5, 5.41) is 0.192. The number of rotatable bonds is 1. The van der Waals surface area contributed by atoms with Crippen LogP contribution in [0.15, 0.2) is 29.4 Å². The molecule has 0 aliphatic rings. The van der Waals surface area contributed by atoms with Crippen LogP contribution in [0.2, 0.25) is 0 Å². The molecule has 0 saturated carbocycles. The summed E-state index contributed by atoms with van der Waals surface area (Å²) in [7, 11) is 0. The van der Waals surface area contributed by atoms with Gasteiger partial charge in [0, 0.05) is 6.20 Å². The van der Waals surface area contributed by atoms with E-state index in [0.29, 0.717) is 0 Å². The van der Waals surface area contributed by atoms with Crippen LogP contribution >= 0.6 is 0 Å². The molecule has 0 saturated heterocycles. The molecular formula is C5H6LiNO2S. The van der Waals surface area contributed by atoms with E-state index in [9.17, 15) is 4.21 Å². The minimum absolute atomic E-state index is 0. The van der Waals surface area contributed by atoms with Gasteiger partial charge in [-0.3, -0.25) is 0 Å². The van der Waals surface area contributed by atoms with E-state index in [0.717, 1.165) is 0 Å². The summed E-state index contributed by atoms with van der Waals surface area (Å²) in [6, 6.07) is 4.85. The molecule has 0 aliphatic carbocycles. The zero-order valence-electron chi connectivity index (χ0n) is 6.52. The summed E-state index contributed by atoms with van der Waals surface area (Å²) in [6.07, 6.45) is 1.48. The molecule has 0 amide bonds. The average molecular weight is 151 g/mol. The Balaban J connectivity index is 0. The van der Waals surface area contributed by atoms with E-state index in [1.807, 2.05) is 0 Å². The standard InChI is InChI=1S/C5H5NO2S.Li.H/c7-9(8)5-3-1-2-4-6-5;;/h1-4H,(H,7,8);;/q;+1;-1. The zero-order chi connectivity index (χ0) is 6.69. The Bertz CT molecular complexity index is 221. The van der Waals surface area contributed by atoms with E-state index in [2.05, 4.69) is 4.98 Å². The predicted octanol–water partition coefficient (Wildman–Crippen LogP) is -2.22. The quantitative estimate of drug-likeness (QED) is 0.365. The molecule has 5 heteroatoms. The molecule has 1 N–H and O–H groups in total. The topological polar surface area (TPSA) is 50.2 Å². The first kappa shape index (κ1) is 9.86. The molecule has 1 aromatic rings. The molecule has 0 bridgehead atoms. The number of hydrogen-bond donors (Lipinski definition) is 1. The third-order valence-electron chi connectivity index (χ3n) is 0.817. The van der Waals surface area contributed by atoms with Gasteiger partial charge in [0.05, 0.1) is 0 Å². The summed E-state index contributed by atoms with van der Waals surface area (Å²) in [5.74, 6) is 0. The average Bonchev–Trinajstić information content (AvgIpc) is 1.90. The van der Waals surface area contributed by atoms with Crippen LogP contribution in [0.4, 0.5) is 0 Å². The second-order valence-corrected chi connectivity index (χ2v) is 2.33. The van der Waals surface area contributed by atoms with Gasteiger partial charge < -0.3 is 5.98 Å². The van der Waals surface area contributed by atoms with Crippen LogP contribution in [0.5, 0.6) is 0 Å². The smallest absolute Gasteiger partial charge is 1.00 e. The van der Waals surface area contributed by atoms with Crippen molar-refractivity contribution in [2.24, 2.45) is 0 Å². The summed E-state index contributed by atoms with van der Waals surface area (Å²) < 4.78 is 18.7. The van der Waals surface area contributed by atoms with E-state index in [1.165, 1.54) is 12.3 Å². The van der Waals surface area contributed by atoms with Gasteiger partial charge in [-0.2, -0.15) is 0 Å². The number of aromatic nitrogens is 1. The first-order valence-corrected chi connectivity index (χ1v) is 3.43. The van der Waals surface area contributed by atoms with E-state index in [4.69, 9.17) is 4.55 Å². The summed E-state index contributed by atoms with van der Waals surface area (Å²) >= 11 is -1.94. The van der Waals surface area contributed by atoms with Crippen LogP contribution < -0.4 is 18.9 Å². The molecule has 1 aromatic heterocycles. The third-order valence-corrected chi connectivity index (χ3v) is 1.42. The fourth-order valence-corrected chi connectivity index (χ4v) is 0.796. The fourth-order valence-electron chi connectivity index (χ4n) is 0.450. The van der Waals surface area contributed by atoms with Crippen molar-refractivity contribution in [3.63, 3.8) is 0 Å². The first-order valence-electron chi connectivity index (χ1n) is 2.32. The SMILES string of the molecule is O=S(O)c1ccccn1.[H-].[Li+]. The van der Waals surface area contributed by atoms with Gasteiger partial charge in [-0.1, -0.05) is 6.07 Å². The van der Waals surface area contributed by atoms with Gasteiger partial charge in [0.2, 0.25) is 11.1 Å². The van der Waals surface area contributed by atoms with Crippen molar-refractivity contribution in [3.8, 4) is 0 Å². The summed E-state index contributed by atoms with van der Waals surface area (Å²) in [5.41, 5.74) is 0. The van der Waals surface area contributed by atoms with Gasteiger partial charge in [0.15, 0.2) is 5.03 Å². The minimum atomic E-state index is -1.94. The van der Waals surface area contributed by atoms with E-state index >= 15 is 0 Å². The van der Waals surface area contributed by atoms with Gasteiger partial charge >= 0.3 is 18.9 Å². The van der Waals surface area contributed by atoms with Crippen LogP contribution in [0, 0.1) is 0 Å². The van der Waals surface area contributed by atoms with Crippen LogP contribution in [-0.2, 0) is 11.1 Å². The maximum Gasteiger partial charge on any atom is 1.00 e. The Morgan fingerprint density at radius 3 is 2.60 bits per heavy atom. The molecule has 0 spiro atoms.